The van der Waals surface area contributed by atoms with Gasteiger partial charge in [0.05, 0.1) is 30.8 Å². The van der Waals surface area contributed by atoms with E-state index in [0.717, 1.165) is 28.4 Å². The highest BCUT2D eigenvalue weighted by atomic mass is 16.5. The molecule has 2 aromatic heterocycles. The first-order chi connectivity index (χ1) is 12.1. The van der Waals surface area contributed by atoms with Crippen LogP contribution in [0.1, 0.15) is 23.1 Å². The Kier molecular flexibility index (Phi) is 5.00. The molecule has 0 radical (unpaired) electrons. The zero-order valence-electron chi connectivity index (χ0n) is 14.6. The van der Waals surface area contributed by atoms with Crippen molar-refractivity contribution in [3.8, 4) is 11.4 Å². The quantitative estimate of drug-likeness (QED) is 0.723. The summed E-state index contributed by atoms with van der Waals surface area (Å²) in [5, 5.41) is 17.9. The fourth-order valence-electron chi connectivity index (χ4n) is 2.67. The van der Waals surface area contributed by atoms with Gasteiger partial charge in [-0.05, 0) is 49.7 Å². The van der Waals surface area contributed by atoms with E-state index in [1.54, 1.807) is 13.3 Å². The number of ether oxygens (including phenoxy) is 1. The molecule has 0 saturated heterocycles. The molecular weight excluding hydrogens is 316 g/mol. The number of nitrogens with one attached hydrogen (secondary N) is 1. The lowest BCUT2D eigenvalue weighted by molar-refractivity contribution is 0.191. The lowest BCUT2D eigenvalue weighted by atomic mass is 10.1. The van der Waals surface area contributed by atoms with Crippen molar-refractivity contribution < 1.29 is 9.84 Å². The molecule has 3 rings (SSSR count). The van der Waals surface area contributed by atoms with E-state index in [4.69, 9.17) is 4.74 Å². The third kappa shape index (κ3) is 3.97. The van der Waals surface area contributed by atoms with Gasteiger partial charge in [-0.3, -0.25) is 0 Å². The molecule has 0 spiro atoms. The minimum Gasteiger partial charge on any atom is -0.497 e. The van der Waals surface area contributed by atoms with Gasteiger partial charge in [0, 0.05) is 12.2 Å². The molecule has 3 aromatic rings. The summed E-state index contributed by atoms with van der Waals surface area (Å²) in [4.78, 5) is 4.40. The number of benzene rings is 1. The summed E-state index contributed by atoms with van der Waals surface area (Å²) in [5.74, 6) is 1.43. The Labute approximate surface area is 147 Å². The van der Waals surface area contributed by atoms with Gasteiger partial charge in [0.25, 0.3) is 0 Å². The zero-order valence-corrected chi connectivity index (χ0v) is 14.6. The molecule has 2 heterocycles. The maximum absolute atomic E-state index is 10.3. The van der Waals surface area contributed by atoms with Crippen LogP contribution in [0.15, 0.2) is 48.7 Å². The van der Waals surface area contributed by atoms with Crippen molar-refractivity contribution in [3.63, 3.8) is 0 Å². The van der Waals surface area contributed by atoms with E-state index in [2.05, 4.69) is 15.4 Å². The van der Waals surface area contributed by atoms with E-state index < -0.39 is 6.10 Å². The summed E-state index contributed by atoms with van der Waals surface area (Å²) in [6.45, 7) is 4.34. The molecule has 6 nitrogen and oxygen atoms in total. The summed E-state index contributed by atoms with van der Waals surface area (Å²) in [5.41, 5.74) is 3.74. The average Bonchev–Trinajstić information content (AvgIpc) is 2.98. The van der Waals surface area contributed by atoms with Crippen LogP contribution in [-0.2, 0) is 0 Å². The lowest BCUT2D eigenvalue weighted by Gasteiger charge is -2.14. The van der Waals surface area contributed by atoms with E-state index >= 15 is 0 Å². The number of pyridine rings is 1. The van der Waals surface area contributed by atoms with Crippen LogP contribution >= 0.6 is 0 Å². The van der Waals surface area contributed by atoms with Crippen molar-refractivity contribution in [2.75, 3.05) is 19.0 Å². The fourth-order valence-corrected chi connectivity index (χ4v) is 2.67. The predicted octanol–water partition coefficient (Wildman–Crippen LogP) is 3.04. The molecule has 25 heavy (non-hydrogen) atoms. The molecule has 0 aliphatic rings. The van der Waals surface area contributed by atoms with E-state index in [0.29, 0.717) is 12.4 Å². The minimum atomic E-state index is -0.646. The highest BCUT2D eigenvalue weighted by molar-refractivity contribution is 5.42. The van der Waals surface area contributed by atoms with Crippen molar-refractivity contribution in [1.29, 1.82) is 0 Å². The van der Waals surface area contributed by atoms with E-state index in [1.807, 2.05) is 61.0 Å². The second-order valence-electron chi connectivity index (χ2n) is 5.91. The number of aryl methyl sites for hydroxylation is 2. The van der Waals surface area contributed by atoms with Crippen LogP contribution in [0.4, 0.5) is 5.82 Å². The van der Waals surface area contributed by atoms with Crippen LogP contribution in [0, 0.1) is 13.8 Å². The van der Waals surface area contributed by atoms with Gasteiger partial charge in [0.2, 0.25) is 0 Å². The maximum atomic E-state index is 10.3. The molecule has 1 atom stereocenters. The first-order valence-electron chi connectivity index (χ1n) is 8.12. The molecule has 130 valence electrons. The number of aliphatic hydroxyl groups excluding tert-OH is 1. The first kappa shape index (κ1) is 17.0. The Morgan fingerprint density at radius 1 is 1.20 bits per heavy atom. The molecule has 6 heteroatoms. The number of aliphatic hydroxyl groups is 1. The van der Waals surface area contributed by atoms with Crippen LogP contribution < -0.4 is 10.1 Å². The molecule has 0 aliphatic heterocycles. The van der Waals surface area contributed by atoms with Crippen molar-refractivity contribution in [2.24, 2.45) is 0 Å². The second-order valence-corrected chi connectivity index (χ2v) is 5.91. The largest absolute Gasteiger partial charge is 0.497 e. The number of methoxy groups -OCH3 is 1. The van der Waals surface area contributed by atoms with Gasteiger partial charge >= 0.3 is 0 Å². The molecule has 0 amide bonds. The fraction of sp³-hybridized carbons (Fsp3) is 0.263. The highest BCUT2D eigenvalue weighted by Crippen LogP contribution is 2.20. The molecule has 0 fully saturated rings. The van der Waals surface area contributed by atoms with E-state index in [9.17, 15) is 5.11 Å². The van der Waals surface area contributed by atoms with Crippen LogP contribution in [0.3, 0.4) is 0 Å². The number of aromatic nitrogens is 3. The molecule has 0 saturated carbocycles. The monoisotopic (exact) mass is 338 g/mol. The highest BCUT2D eigenvalue weighted by Gasteiger charge is 2.09. The zero-order chi connectivity index (χ0) is 17.8. The molecule has 2 N–H and O–H groups in total. The van der Waals surface area contributed by atoms with Gasteiger partial charge in [-0.2, -0.15) is 5.10 Å². The van der Waals surface area contributed by atoms with Crippen LogP contribution in [0.2, 0.25) is 0 Å². The SMILES string of the molecule is COc1cccc([C@@H](O)CNc2ccc(-n3nc(C)cc3C)cn2)c1. The van der Waals surface area contributed by atoms with Gasteiger partial charge < -0.3 is 15.2 Å². The Balaban J connectivity index is 1.64. The Hall–Kier alpha value is -2.86. The van der Waals surface area contributed by atoms with Crippen LogP contribution in [0.25, 0.3) is 5.69 Å². The topological polar surface area (TPSA) is 72.2 Å². The molecule has 0 aliphatic carbocycles. The normalized spacial score (nSPS) is 12.0. The number of nitrogens with zero attached hydrogens (tertiary/aromatic N) is 3. The third-order valence-electron chi connectivity index (χ3n) is 3.96. The summed E-state index contributed by atoms with van der Waals surface area (Å²) < 4.78 is 7.04. The van der Waals surface area contributed by atoms with Gasteiger partial charge in [0.1, 0.15) is 11.6 Å². The van der Waals surface area contributed by atoms with Crippen molar-refractivity contribution in [3.05, 3.63) is 65.6 Å². The van der Waals surface area contributed by atoms with Crippen molar-refractivity contribution in [1.82, 2.24) is 14.8 Å². The van der Waals surface area contributed by atoms with Crippen LogP contribution in [-0.4, -0.2) is 33.5 Å². The first-order valence-corrected chi connectivity index (χ1v) is 8.12. The Bertz CT molecular complexity index is 843. The summed E-state index contributed by atoms with van der Waals surface area (Å²) in [6, 6.07) is 13.3. The van der Waals surface area contributed by atoms with Crippen molar-refractivity contribution >= 4 is 5.82 Å². The summed E-state index contributed by atoms with van der Waals surface area (Å²) in [7, 11) is 1.61. The van der Waals surface area contributed by atoms with Gasteiger partial charge in [-0.15, -0.1) is 0 Å². The number of hydrogen-bond acceptors (Lipinski definition) is 5. The molecule has 0 unspecified atom stereocenters. The number of rotatable bonds is 6. The predicted molar refractivity (Wildman–Crippen MR) is 97.3 cm³/mol. The summed E-state index contributed by atoms with van der Waals surface area (Å²) in [6.07, 6.45) is 1.12. The minimum absolute atomic E-state index is 0.361. The third-order valence-corrected chi connectivity index (χ3v) is 3.96. The Morgan fingerprint density at radius 2 is 2.04 bits per heavy atom. The van der Waals surface area contributed by atoms with E-state index in [1.165, 1.54) is 0 Å². The summed E-state index contributed by atoms with van der Waals surface area (Å²) >= 11 is 0. The van der Waals surface area contributed by atoms with Gasteiger partial charge in [0.15, 0.2) is 0 Å². The molecule has 0 bridgehead atoms. The molecular formula is C19H22N4O2. The smallest absolute Gasteiger partial charge is 0.126 e. The van der Waals surface area contributed by atoms with Gasteiger partial charge in [-0.25, -0.2) is 9.67 Å². The number of hydrogen-bond donors (Lipinski definition) is 2. The lowest BCUT2D eigenvalue weighted by Crippen LogP contribution is -2.13. The maximum Gasteiger partial charge on any atom is 0.126 e. The van der Waals surface area contributed by atoms with Crippen molar-refractivity contribution in [2.45, 2.75) is 20.0 Å². The average molecular weight is 338 g/mol. The standard InChI is InChI=1S/C19H22N4O2/c1-13-9-14(2)23(22-13)16-7-8-19(20-11-16)21-12-18(24)15-5-4-6-17(10-15)25-3/h4-11,18,24H,12H2,1-3H3,(H,20,21)/t18-/m0/s1. The van der Waals surface area contributed by atoms with Crippen LogP contribution in [0.5, 0.6) is 5.75 Å². The molecule has 1 aromatic carbocycles. The van der Waals surface area contributed by atoms with Gasteiger partial charge in [-0.1, -0.05) is 12.1 Å². The van der Waals surface area contributed by atoms with E-state index in [-0.39, 0.29) is 0 Å². The Morgan fingerprint density at radius 3 is 2.68 bits per heavy atom. The number of anilines is 1. The second kappa shape index (κ2) is 7.36.